The minimum absolute atomic E-state index is 0.160. The van der Waals surface area contributed by atoms with E-state index in [1.807, 2.05) is 0 Å². The number of hydrogen-bond donors (Lipinski definition) is 3. The molecule has 0 unspecified atom stereocenters. The van der Waals surface area contributed by atoms with Crippen molar-refractivity contribution in [3.05, 3.63) is 0 Å². The van der Waals surface area contributed by atoms with Gasteiger partial charge >= 0.3 is 5.97 Å². The van der Waals surface area contributed by atoms with Crippen LogP contribution >= 0.6 is 0 Å². The van der Waals surface area contributed by atoms with Crippen LogP contribution < -0.4 is 11.5 Å². The van der Waals surface area contributed by atoms with Gasteiger partial charge in [0.25, 0.3) is 0 Å². The van der Waals surface area contributed by atoms with Crippen LogP contribution in [0.5, 0.6) is 0 Å². The van der Waals surface area contributed by atoms with Crippen LogP contribution in [0.4, 0.5) is 0 Å². The molecule has 9 heteroatoms. The fraction of sp³-hybridized carbons (Fsp3) is 0.778. The largest absolute Gasteiger partial charge is 0.464 e. The molecule has 0 radical (unpaired) electrons. The molecular formula is C18H34N6O3. The maximum atomic E-state index is 12.2. The average Bonchev–Trinajstić information content (AvgIpc) is 2.62. The third-order valence-electron chi connectivity index (χ3n) is 4.30. The number of ether oxygens (including phenoxy) is 1. The van der Waals surface area contributed by atoms with Crippen LogP contribution in [0.1, 0.15) is 74.7 Å². The van der Waals surface area contributed by atoms with Gasteiger partial charge in [-0.05, 0) is 12.8 Å². The standard InChI is InChI=1S/C18H34N6O3/c1-23(17(19)20)24-14-16(26)27-13-11-9-7-5-3-2-4-6-8-10-12-15(25)22-18(24)21/h2-14H2,1H3,(H3,19,20)(H2,21,22,25)/i1D3. The van der Waals surface area contributed by atoms with E-state index >= 15 is 0 Å². The minimum Gasteiger partial charge on any atom is -0.464 e. The Hall–Kier alpha value is -2.32. The Kier molecular flexibility index (Phi) is 8.66. The summed E-state index contributed by atoms with van der Waals surface area (Å²) in [6, 6.07) is 0. The normalized spacial score (nSPS) is 22.0. The smallest absolute Gasteiger partial charge is 0.327 e. The van der Waals surface area contributed by atoms with E-state index in [2.05, 4.69) is 4.99 Å². The van der Waals surface area contributed by atoms with Crippen LogP contribution in [-0.2, 0) is 14.3 Å². The van der Waals surface area contributed by atoms with E-state index < -0.39 is 37.3 Å². The highest BCUT2D eigenvalue weighted by Crippen LogP contribution is 2.12. The number of rotatable bonds is 1. The molecule has 5 N–H and O–H groups in total. The number of cyclic esters (lactones) is 1. The molecule has 0 fully saturated rings. The number of esters is 1. The Balaban J connectivity index is 2.99. The number of amides is 1. The van der Waals surface area contributed by atoms with Gasteiger partial charge in [0, 0.05) is 17.5 Å². The number of carbonyl (C=O) groups excluding carboxylic acids is 2. The third kappa shape index (κ3) is 9.81. The van der Waals surface area contributed by atoms with Gasteiger partial charge in [0.1, 0.15) is 6.54 Å². The number of carbonyl (C=O) groups is 2. The Morgan fingerprint density at radius 2 is 1.67 bits per heavy atom. The lowest BCUT2D eigenvalue weighted by molar-refractivity contribution is -0.146. The number of hydrogen-bond acceptors (Lipinski definition) is 6. The molecule has 0 aromatic heterocycles. The van der Waals surface area contributed by atoms with Crippen LogP contribution in [0.15, 0.2) is 4.99 Å². The number of guanidine groups is 2. The van der Waals surface area contributed by atoms with Gasteiger partial charge in [0.2, 0.25) is 17.8 Å². The second-order valence-corrected chi connectivity index (χ2v) is 6.62. The summed E-state index contributed by atoms with van der Waals surface area (Å²) in [6.45, 7) is -3.36. The van der Waals surface area contributed by atoms with Crippen LogP contribution in [0.3, 0.4) is 0 Å². The summed E-state index contributed by atoms with van der Waals surface area (Å²) < 4.78 is 27.9. The summed E-state index contributed by atoms with van der Waals surface area (Å²) >= 11 is 0. The number of hydrazine groups is 1. The van der Waals surface area contributed by atoms with E-state index in [9.17, 15) is 9.59 Å². The van der Waals surface area contributed by atoms with E-state index in [-0.39, 0.29) is 13.0 Å². The van der Waals surface area contributed by atoms with Gasteiger partial charge in [-0.3, -0.25) is 20.0 Å². The van der Waals surface area contributed by atoms with E-state index in [0.29, 0.717) is 22.9 Å². The molecule has 0 atom stereocenters. The van der Waals surface area contributed by atoms with Crippen LogP contribution in [0.2, 0.25) is 0 Å². The first-order valence-electron chi connectivity index (χ1n) is 11.1. The summed E-state index contributed by atoms with van der Waals surface area (Å²) in [6.07, 6.45) is 10.0. The molecular weight excluding hydrogens is 348 g/mol. The number of nitrogens with two attached hydrogens (primary N) is 2. The Morgan fingerprint density at radius 3 is 2.22 bits per heavy atom. The molecule has 1 aliphatic heterocycles. The molecule has 0 saturated heterocycles. The van der Waals surface area contributed by atoms with Crippen molar-refractivity contribution < 1.29 is 18.4 Å². The zero-order valence-corrected chi connectivity index (χ0v) is 15.9. The van der Waals surface area contributed by atoms with Crippen LogP contribution in [0.25, 0.3) is 0 Å². The van der Waals surface area contributed by atoms with E-state index in [1.165, 1.54) is 12.8 Å². The summed E-state index contributed by atoms with van der Waals surface area (Å²) in [4.78, 5) is 28.1. The number of nitrogens with one attached hydrogen (secondary N) is 1. The lowest BCUT2D eigenvalue weighted by atomic mass is 10.1. The van der Waals surface area contributed by atoms with Crippen LogP contribution in [-0.4, -0.2) is 53.9 Å². The van der Waals surface area contributed by atoms with E-state index in [0.717, 1.165) is 38.5 Å². The third-order valence-corrected chi connectivity index (χ3v) is 4.30. The second kappa shape index (κ2) is 12.9. The highest BCUT2D eigenvalue weighted by molar-refractivity contribution is 5.94. The molecule has 0 aromatic carbocycles. The van der Waals surface area contributed by atoms with Gasteiger partial charge in [-0.25, -0.2) is 5.01 Å². The lowest BCUT2D eigenvalue weighted by Crippen LogP contribution is -2.54. The van der Waals surface area contributed by atoms with Crippen LogP contribution in [0, 0.1) is 5.41 Å². The highest BCUT2D eigenvalue weighted by Gasteiger charge is 2.21. The molecule has 0 bridgehead atoms. The fourth-order valence-corrected chi connectivity index (χ4v) is 2.77. The van der Waals surface area contributed by atoms with Gasteiger partial charge < -0.3 is 16.2 Å². The monoisotopic (exact) mass is 385 g/mol. The molecule has 0 aromatic rings. The lowest BCUT2D eigenvalue weighted by Gasteiger charge is -2.31. The average molecular weight is 386 g/mol. The van der Waals surface area contributed by atoms with Crippen molar-refractivity contribution in [1.29, 1.82) is 5.41 Å². The topological polar surface area (TPSA) is 138 Å². The summed E-state index contributed by atoms with van der Waals surface area (Å²) in [7, 11) is 0. The molecule has 1 amide bonds. The molecule has 154 valence electrons. The predicted octanol–water partition coefficient (Wildman–Crippen LogP) is 1.72. The van der Waals surface area contributed by atoms with Crippen molar-refractivity contribution in [2.75, 3.05) is 20.1 Å². The molecule has 0 spiro atoms. The Morgan fingerprint density at radius 1 is 1.11 bits per heavy atom. The zero-order chi connectivity index (χ0) is 22.6. The minimum atomic E-state index is -2.91. The van der Waals surface area contributed by atoms with Crippen molar-refractivity contribution in [3.63, 3.8) is 0 Å². The fourth-order valence-electron chi connectivity index (χ4n) is 2.77. The van der Waals surface area contributed by atoms with Crippen molar-refractivity contribution >= 4 is 23.8 Å². The first-order valence-corrected chi connectivity index (χ1v) is 9.57. The van der Waals surface area contributed by atoms with Crippen molar-refractivity contribution in [3.8, 4) is 0 Å². The van der Waals surface area contributed by atoms with E-state index in [4.69, 9.17) is 25.7 Å². The zero-order valence-electron chi connectivity index (χ0n) is 18.9. The molecule has 0 saturated carbocycles. The van der Waals surface area contributed by atoms with Gasteiger partial charge in [0.15, 0.2) is 0 Å². The van der Waals surface area contributed by atoms with Gasteiger partial charge in [0.05, 0.1) is 6.61 Å². The van der Waals surface area contributed by atoms with Crippen molar-refractivity contribution in [1.82, 2.24) is 10.0 Å². The number of nitrogens with zero attached hydrogens (tertiary/aromatic N) is 3. The Labute approximate surface area is 165 Å². The second-order valence-electron chi connectivity index (χ2n) is 6.62. The molecule has 0 aliphatic carbocycles. The van der Waals surface area contributed by atoms with Gasteiger partial charge in [-0.1, -0.05) is 51.4 Å². The van der Waals surface area contributed by atoms with Gasteiger partial charge in [-0.2, -0.15) is 4.99 Å². The van der Waals surface area contributed by atoms with E-state index in [1.54, 1.807) is 0 Å². The van der Waals surface area contributed by atoms with Crippen molar-refractivity contribution in [2.45, 2.75) is 70.6 Å². The van der Waals surface area contributed by atoms with Gasteiger partial charge in [-0.15, -0.1) is 0 Å². The summed E-state index contributed by atoms with van der Waals surface area (Å²) in [5.74, 6) is -2.68. The molecule has 1 heterocycles. The highest BCUT2D eigenvalue weighted by atomic mass is 16.5. The molecule has 1 rings (SSSR count). The Bertz CT molecular complexity index is 612. The molecule has 27 heavy (non-hydrogen) atoms. The first-order chi connectivity index (χ1) is 14.1. The van der Waals surface area contributed by atoms with Crippen molar-refractivity contribution in [2.24, 2.45) is 16.5 Å². The first kappa shape index (κ1) is 18.1. The summed E-state index contributed by atoms with van der Waals surface area (Å²) in [5, 5.41) is 8.64. The maximum Gasteiger partial charge on any atom is 0.327 e. The summed E-state index contributed by atoms with van der Waals surface area (Å²) in [5.41, 5.74) is 11.2. The molecule has 9 nitrogen and oxygen atoms in total. The molecule has 1 aliphatic rings. The number of aliphatic imine (C=N–C) groups is 1. The SMILES string of the molecule is [2H]C([2H])([2H])N(C(=N)N)N1CC(=O)OCCCCCCCCCCCCC(=O)N=C1N. The quantitative estimate of drug-likeness (QED) is 0.355. The maximum absolute atomic E-state index is 12.2. The predicted molar refractivity (Wildman–Crippen MR) is 105 cm³/mol.